The van der Waals surface area contributed by atoms with Crippen LogP contribution in [0.4, 0.5) is 5.69 Å². The number of nitrogens with one attached hydrogen (secondary N) is 1. The van der Waals surface area contributed by atoms with Crippen LogP contribution in [-0.4, -0.2) is 20.7 Å². The van der Waals surface area contributed by atoms with E-state index in [2.05, 4.69) is 15.4 Å². The Morgan fingerprint density at radius 2 is 1.62 bits per heavy atom. The SMILES string of the molecule is O=C(Nc1cccc(OCc2ccccn2)c1)c1nn(-c2ccccc2)c(=O)c2ccccc12. The van der Waals surface area contributed by atoms with Gasteiger partial charge in [0.25, 0.3) is 11.5 Å². The van der Waals surface area contributed by atoms with E-state index in [1.165, 1.54) is 4.68 Å². The topological polar surface area (TPSA) is 86.1 Å². The molecule has 5 rings (SSSR count). The van der Waals surface area contributed by atoms with Gasteiger partial charge in [0.15, 0.2) is 5.69 Å². The van der Waals surface area contributed by atoms with Crippen LogP contribution in [0.25, 0.3) is 16.5 Å². The number of nitrogens with zero attached hydrogens (tertiary/aromatic N) is 3. The lowest BCUT2D eigenvalue weighted by Gasteiger charge is -2.12. The highest BCUT2D eigenvalue weighted by Gasteiger charge is 2.18. The molecule has 2 aromatic heterocycles. The Hall–Kier alpha value is -4.78. The molecule has 166 valence electrons. The summed E-state index contributed by atoms with van der Waals surface area (Å²) in [6.07, 6.45) is 1.71. The molecule has 0 fully saturated rings. The van der Waals surface area contributed by atoms with Crippen molar-refractivity contribution >= 4 is 22.4 Å². The second kappa shape index (κ2) is 9.38. The van der Waals surface area contributed by atoms with Crippen molar-refractivity contribution in [2.75, 3.05) is 5.32 Å². The Morgan fingerprint density at radius 3 is 2.41 bits per heavy atom. The van der Waals surface area contributed by atoms with Gasteiger partial charge in [0.05, 0.1) is 16.8 Å². The van der Waals surface area contributed by atoms with E-state index < -0.39 is 5.91 Å². The Balaban J connectivity index is 1.45. The number of carbonyl (C=O) groups excluding carboxylic acids is 1. The molecule has 1 amide bonds. The maximum Gasteiger partial charge on any atom is 0.279 e. The van der Waals surface area contributed by atoms with Crippen molar-refractivity contribution in [3.05, 3.63) is 125 Å². The smallest absolute Gasteiger partial charge is 0.279 e. The zero-order valence-corrected chi connectivity index (χ0v) is 18.1. The summed E-state index contributed by atoms with van der Waals surface area (Å²) in [5, 5.41) is 8.19. The van der Waals surface area contributed by atoms with Gasteiger partial charge in [0.1, 0.15) is 12.4 Å². The maximum atomic E-state index is 13.3. The molecule has 0 unspecified atom stereocenters. The van der Waals surface area contributed by atoms with Gasteiger partial charge in [-0.15, -0.1) is 0 Å². The minimum Gasteiger partial charge on any atom is -0.487 e. The number of benzene rings is 3. The van der Waals surface area contributed by atoms with Crippen molar-refractivity contribution < 1.29 is 9.53 Å². The van der Waals surface area contributed by atoms with E-state index in [1.807, 2.05) is 42.5 Å². The first-order valence-electron chi connectivity index (χ1n) is 10.7. The van der Waals surface area contributed by atoms with Crippen molar-refractivity contribution in [1.82, 2.24) is 14.8 Å². The number of rotatable bonds is 6. The average molecular weight is 448 g/mol. The number of aromatic nitrogens is 3. The highest BCUT2D eigenvalue weighted by molar-refractivity contribution is 6.11. The van der Waals surface area contributed by atoms with Gasteiger partial charge in [-0.2, -0.15) is 9.78 Å². The van der Waals surface area contributed by atoms with Gasteiger partial charge < -0.3 is 10.1 Å². The molecule has 7 nitrogen and oxygen atoms in total. The fourth-order valence-corrected chi connectivity index (χ4v) is 3.60. The summed E-state index contributed by atoms with van der Waals surface area (Å²) in [4.78, 5) is 30.6. The first-order valence-corrected chi connectivity index (χ1v) is 10.7. The first-order chi connectivity index (χ1) is 16.7. The van der Waals surface area contributed by atoms with E-state index in [9.17, 15) is 9.59 Å². The third kappa shape index (κ3) is 4.40. The summed E-state index contributed by atoms with van der Waals surface area (Å²) >= 11 is 0. The molecule has 0 atom stereocenters. The molecular weight excluding hydrogens is 428 g/mol. The van der Waals surface area contributed by atoms with E-state index in [-0.39, 0.29) is 11.3 Å². The zero-order valence-electron chi connectivity index (χ0n) is 18.1. The van der Waals surface area contributed by atoms with Crippen LogP contribution in [0.1, 0.15) is 16.2 Å². The minimum absolute atomic E-state index is 0.152. The molecule has 0 aliphatic rings. The quantitative estimate of drug-likeness (QED) is 0.410. The van der Waals surface area contributed by atoms with Crippen molar-refractivity contribution in [3.63, 3.8) is 0 Å². The Labute approximate surface area is 195 Å². The van der Waals surface area contributed by atoms with Gasteiger partial charge in [-0.25, -0.2) is 0 Å². The third-order valence-corrected chi connectivity index (χ3v) is 5.23. The van der Waals surface area contributed by atoms with Crippen LogP contribution in [0.3, 0.4) is 0 Å². The number of para-hydroxylation sites is 1. The molecule has 0 bridgehead atoms. The molecule has 5 aromatic rings. The monoisotopic (exact) mass is 448 g/mol. The fraction of sp³-hybridized carbons (Fsp3) is 0.0370. The first kappa shape index (κ1) is 21.1. The molecule has 0 saturated heterocycles. The van der Waals surface area contributed by atoms with Crippen molar-refractivity contribution in [1.29, 1.82) is 0 Å². The molecule has 0 spiro atoms. The molecule has 2 heterocycles. The lowest BCUT2D eigenvalue weighted by atomic mass is 10.1. The van der Waals surface area contributed by atoms with Crippen LogP contribution >= 0.6 is 0 Å². The number of carbonyl (C=O) groups is 1. The van der Waals surface area contributed by atoms with E-state index >= 15 is 0 Å². The minimum atomic E-state index is -0.428. The number of hydrogen-bond donors (Lipinski definition) is 1. The fourth-order valence-electron chi connectivity index (χ4n) is 3.60. The summed E-state index contributed by atoms with van der Waals surface area (Å²) < 4.78 is 7.06. The predicted molar refractivity (Wildman–Crippen MR) is 130 cm³/mol. The number of amides is 1. The van der Waals surface area contributed by atoms with Crippen molar-refractivity contribution in [2.24, 2.45) is 0 Å². The molecule has 34 heavy (non-hydrogen) atoms. The molecular formula is C27H20N4O3. The van der Waals surface area contributed by atoms with Gasteiger partial charge in [-0.05, 0) is 42.5 Å². The number of ether oxygens (including phenoxy) is 1. The van der Waals surface area contributed by atoms with Gasteiger partial charge >= 0.3 is 0 Å². The zero-order chi connectivity index (χ0) is 23.3. The molecule has 0 saturated carbocycles. The molecule has 7 heteroatoms. The number of hydrogen-bond acceptors (Lipinski definition) is 5. The van der Waals surface area contributed by atoms with Gasteiger partial charge in [0, 0.05) is 23.3 Å². The molecule has 1 N–H and O–H groups in total. The lowest BCUT2D eigenvalue weighted by molar-refractivity contribution is 0.102. The van der Waals surface area contributed by atoms with Crippen LogP contribution in [-0.2, 0) is 6.61 Å². The highest BCUT2D eigenvalue weighted by atomic mass is 16.5. The molecule has 3 aromatic carbocycles. The van der Waals surface area contributed by atoms with Crippen LogP contribution in [0.15, 0.2) is 108 Å². The lowest BCUT2D eigenvalue weighted by Crippen LogP contribution is -2.26. The molecule has 0 aliphatic carbocycles. The maximum absolute atomic E-state index is 13.3. The highest BCUT2D eigenvalue weighted by Crippen LogP contribution is 2.21. The average Bonchev–Trinajstić information content (AvgIpc) is 2.89. The van der Waals surface area contributed by atoms with Gasteiger partial charge in [0.2, 0.25) is 0 Å². The number of fused-ring (bicyclic) bond motifs is 1. The third-order valence-electron chi connectivity index (χ3n) is 5.23. The largest absolute Gasteiger partial charge is 0.487 e. The summed E-state index contributed by atoms with van der Waals surface area (Å²) in [5.41, 5.74) is 1.79. The van der Waals surface area contributed by atoms with Crippen LogP contribution in [0.5, 0.6) is 5.75 Å². The predicted octanol–water partition coefficient (Wildman–Crippen LogP) is 4.61. The normalized spacial score (nSPS) is 10.7. The van der Waals surface area contributed by atoms with Crippen molar-refractivity contribution in [3.8, 4) is 11.4 Å². The van der Waals surface area contributed by atoms with Crippen molar-refractivity contribution in [2.45, 2.75) is 6.61 Å². The molecule has 0 radical (unpaired) electrons. The van der Waals surface area contributed by atoms with E-state index in [1.54, 1.807) is 60.8 Å². The summed E-state index contributed by atoms with van der Waals surface area (Å²) in [6.45, 7) is 0.312. The van der Waals surface area contributed by atoms with Crippen LogP contribution < -0.4 is 15.6 Å². The summed E-state index contributed by atoms with van der Waals surface area (Å²) in [7, 11) is 0. The number of anilines is 1. The Bertz CT molecular complexity index is 1520. The van der Waals surface area contributed by atoms with Crippen LogP contribution in [0, 0.1) is 0 Å². The molecule has 0 aliphatic heterocycles. The second-order valence-electron chi connectivity index (χ2n) is 7.54. The summed E-state index contributed by atoms with van der Waals surface area (Å²) in [6, 6.07) is 28.7. The number of pyridine rings is 1. The second-order valence-corrected chi connectivity index (χ2v) is 7.54. The van der Waals surface area contributed by atoms with E-state index in [0.717, 1.165) is 5.69 Å². The van der Waals surface area contributed by atoms with Gasteiger partial charge in [-0.3, -0.25) is 14.6 Å². The summed E-state index contributed by atoms with van der Waals surface area (Å²) in [5.74, 6) is 0.165. The van der Waals surface area contributed by atoms with Crippen LogP contribution in [0.2, 0.25) is 0 Å². The van der Waals surface area contributed by atoms with Gasteiger partial charge in [-0.1, -0.05) is 48.5 Å². The Kier molecular flexibility index (Phi) is 5.82. The Morgan fingerprint density at radius 1 is 0.853 bits per heavy atom. The standard InChI is InChI=1S/C27H20N4O3/c32-26(29-19-10-8-13-22(17-19)34-18-20-9-6-7-16-28-20)25-23-14-4-5-15-24(23)27(33)31(30-25)21-11-2-1-3-12-21/h1-17H,18H2,(H,29,32). The van der Waals surface area contributed by atoms with E-state index in [0.29, 0.717) is 34.5 Å². The van der Waals surface area contributed by atoms with E-state index in [4.69, 9.17) is 4.74 Å².